The molecule has 7 heteroatoms. The van der Waals surface area contributed by atoms with E-state index >= 15 is 0 Å². The lowest BCUT2D eigenvalue weighted by molar-refractivity contribution is 0.0173. The van der Waals surface area contributed by atoms with Crippen LogP contribution in [0.3, 0.4) is 0 Å². The quantitative estimate of drug-likeness (QED) is 0.907. The summed E-state index contributed by atoms with van der Waals surface area (Å²) in [5, 5.41) is 2.64. The summed E-state index contributed by atoms with van der Waals surface area (Å²) >= 11 is 0. The van der Waals surface area contributed by atoms with Gasteiger partial charge in [-0.3, -0.25) is 0 Å². The van der Waals surface area contributed by atoms with Crippen molar-refractivity contribution in [3.63, 3.8) is 0 Å². The number of ether oxygens (including phenoxy) is 1. The van der Waals surface area contributed by atoms with Gasteiger partial charge in [-0.2, -0.15) is 0 Å². The molecule has 0 bridgehead atoms. The first-order valence-electron chi connectivity index (χ1n) is 6.98. The molecule has 0 aliphatic carbocycles. The molecule has 3 rings (SSSR count). The fourth-order valence-electron chi connectivity index (χ4n) is 2.83. The Labute approximate surface area is 124 Å². The van der Waals surface area contributed by atoms with Crippen LogP contribution in [0.2, 0.25) is 0 Å². The Bertz CT molecular complexity index is 622. The van der Waals surface area contributed by atoms with Crippen LogP contribution in [-0.4, -0.2) is 44.1 Å². The van der Waals surface area contributed by atoms with Crippen LogP contribution in [0.25, 0.3) is 0 Å². The summed E-state index contributed by atoms with van der Waals surface area (Å²) in [6.07, 6.45) is 0.676. The Morgan fingerprint density at radius 1 is 1.19 bits per heavy atom. The van der Waals surface area contributed by atoms with Crippen LogP contribution in [0.4, 0.5) is 4.79 Å². The van der Waals surface area contributed by atoms with E-state index in [1.807, 2.05) is 30.3 Å². The molecule has 1 amide bonds. The minimum atomic E-state index is -3.32. The number of carbonyl (C=O) groups excluding carboxylic acids is 1. The van der Waals surface area contributed by atoms with E-state index in [-0.39, 0.29) is 5.75 Å². The predicted octanol–water partition coefficient (Wildman–Crippen LogP) is 1.09. The number of amides is 1. The molecular formula is C14H18N2O4S. The first kappa shape index (κ1) is 14.3. The van der Waals surface area contributed by atoms with Gasteiger partial charge in [0.15, 0.2) is 0 Å². The van der Waals surface area contributed by atoms with E-state index in [1.54, 1.807) is 0 Å². The van der Waals surface area contributed by atoms with E-state index in [0.29, 0.717) is 32.5 Å². The van der Waals surface area contributed by atoms with Crippen molar-refractivity contribution in [3.05, 3.63) is 35.9 Å². The highest BCUT2D eigenvalue weighted by atomic mass is 32.2. The largest absolute Gasteiger partial charge is 0.441 e. The zero-order valence-corrected chi connectivity index (χ0v) is 12.4. The van der Waals surface area contributed by atoms with Crippen molar-refractivity contribution in [2.45, 2.75) is 24.2 Å². The SMILES string of the molecule is O=C1NCC2(CCN(S(=O)(=O)Cc3ccccc3)CC2)O1. The fraction of sp³-hybridized carbons (Fsp3) is 0.500. The van der Waals surface area contributed by atoms with Gasteiger partial charge in [0.2, 0.25) is 10.0 Å². The molecule has 0 radical (unpaired) electrons. The maximum absolute atomic E-state index is 12.4. The number of nitrogens with zero attached hydrogens (tertiary/aromatic N) is 1. The number of alkyl carbamates (subject to hydrolysis) is 1. The van der Waals surface area contributed by atoms with Crippen LogP contribution in [-0.2, 0) is 20.5 Å². The van der Waals surface area contributed by atoms with Crippen molar-refractivity contribution in [1.82, 2.24) is 9.62 Å². The zero-order chi connectivity index (χ0) is 14.9. The topological polar surface area (TPSA) is 75.7 Å². The summed E-state index contributed by atoms with van der Waals surface area (Å²) in [6.45, 7) is 1.26. The summed E-state index contributed by atoms with van der Waals surface area (Å²) in [7, 11) is -3.32. The van der Waals surface area contributed by atoms with Crippen molar-refractivity contribution >= 4 is 16.1 Å². The number of sulfonamides is 1. The normalized spacial score (nSPS) is 22.0. The van der Waals surface area contributed by atoms with Gasteiger partial charge in [0.1, 0.15) is 5.60 Å². The fourth-order valence-corrected chi connectivity index (χ4v) is 4.36. The Morgan fingerprint density at radius 3 is 2.43 bits per heavy atom. The van der Waals surface area contributed by atoms with E-state index in [2.05, 4.69) is 5.32 Å². The molecule has 0 atom stereocenters. The van der Waals surface area contributed by atoms with Gasteiger partial charge >= 0.3 is 6.09 Å². The molecule has 0 unspecified atom stereocenters. The lowest BCUT2D eigenvalue weighted by Crippen LogP contribution is -2.48. The molecular weight excluding hydrogens is 292 g/mol. The zero-order valence-electron chi connectivity index (χ0n) is 11.6. The lowest BCUT2D eigenvalue weighted by atomic mass is 9.93. The predicted molar refractivity (Wildman–Crippen MR) is 77.1 cm³/mol. The third kappa shape index (κ3) is 3.03. The summed E-state index contributed by atoms with van der Waals surface area (Å²) in [4.78, 5) is 11.2. The number of hydrogen-bond donors (Lipinski definition) is 1. The Balaban J connectivity index is 1.65. The molecule has 6 nitrogen and oxygen atoms in total. The van der Waals surface area contributed by atoms with Crippen LogP contribution in [0, 0.1) is 0 Å². The van der Waals surface area contributed by atoms with Gasteiger partial charge in [0.25, 0.3) is 0 Å². The van der Waals surface area contributed by atoms with Gasteiger partial charge in [-0.15, -0.1) is 0 Å². The molecule has 1 spiro atoms. The number of hydrogen-bond acceptors (Lipinski definition) is 4. The van der Waals surface area contributed by atoms with Gasteiger partial charge in [-0.25, -0.2) is 17.5 Å². The highest BCUT2D eigenvalue weighted by Crippen LogP contribution is 2.30. The van der Waals surface area contributed by atoms with Crippen LogP contribution in [0.5, 0.6) is 0 Å². The average Bonchev–Trinajstić information content (AvgIpc) is 2.81. The maximum atomic E-state index is 12.4. The van der Waals surface area contributed by atoms with E-state index in [4.69, 9.17) is 4.74 Å². The number of nitrogens with one attached hydrogen (secondary N) is 1. The average molecular weight is 310 g/mol. The maximum Gasteiger partial charge on any atom is 0.407 e. The van der Waals surface area contributed by atoms with Crippen LogP contribution in [0.15, 0.2) is 30.3 Å². The summed E-state index contributed by atoms with van der Waals surface area (Å²) in [5.74, 6) is 0.0128. The summed E-state index contributed by atoms with van der Waals surface area (Å²) < 4.78 is 31.6. The molecule has 1 aromatic carbocycles. The molecule has 0 aromatic heterocycles. The molecule has 2 fully saturated rings. The summed E-state index contributed by atoms with van der Waals surface area (Å²) in [6, 6.07) is 9.15. The second kappa shape index (κ2) is 5.31. The minimum Gasteiger partial charge on any atom is -0.441 e. The second-order valence-electron chi connectivity index (χ2n) is 5.57. The molecule has 1 aromatic rings. The third-order valence-corrected chi connectivity index (χ3v) is 5.93. The second-order valence-corrected chi connectivity index (χ2v) is 7.54. The molecule has 2 saturated heterocycles. The van der Waals surface area contributed by atoms with Gasteiger partial charge in [0.05, 0.1) is 12.3 Å². The summed E-state index contributed by atoms with van der Waals surface area (Å²) in [5.41, 5.74) is 0.266. The van der Waals surface area contributed by atoms with Crippen molar-refractivity contribution < 1.29 is 17.9 Å². The van der Waals surface area contributed by atoms with E-state index in [9.17, 15) is 13.2 Å². The monoisotopic (exact) mass is 310 g/mol. The molecule has 1 N–H and O–H groups in total. The van der Waals surface area contributed by atoms with E-state index in [0.717, 1.165) is 5.56 Å². The molecule has 2 heterocycles. The Morgan fingerprint density at radius 2 is 1.86 bits per heavy atom. The first-order chi connectivity index (χ1) is 9.99. The van der Waals surface area contributed by atoms with E-state index < -0.39 is 21.7 Å². The minimum absolute atomic E-state index is 0.0128. The molecule has 21 heavy (non-hydrogen) atoms. The molecule has 2 aliphatic rings. The van der Waals surface area contributed by atoms with Crippen molar-refractivity contribution in [1.29, 1.82) is 0 Å². The third-order valence-electron chi connectivity index (χ3n) is 4.08. The van der Waals surface area contributed by atoms with Crippen LogP contribution < -0.4 is 5.32 Å². The smallest absolute Gasteiger partial charge is 0.407 e. The number of carbonyl (C=O) groups is 1. The number of rotatable bonds is 3. The molecule has 114 valence electrons. The Hall–Kier alpha value is -1.60. The van der Waals surface area contributed by atoms with E-state index in [1.165, 1.54) is 4.31 Å². The first-order valence-corrected chi connectivity index (χ1v) is 8.59. The molecule has 2 aliphatic heterocycles. The standard InChI is InChI=1S/C14H18N2O4S/c17-13-15-11-14(20-13)6-8-16(9-7-14)21(18,19)10-12-4-2-1-3-5-12/h1-5H,6-11H2,(H,15,17). The van der Waals surface area contributed by atoms with Gasteiger partial charge in [-0.1, -0.05) is 30.3 Å². The number of benzene rings is 1. The van der Waals surface area contributed by atoms with Crippen molar-refractivity contribution in [3.8, 4) is 0 Å². The highest BCUT2D eigenvalue weighted by Gasteiger charge is 2.44. The van der Waals surface area contributed by atoms with Crippen molar-refractivity contribution in [2.75, 3.05) is 19.6 Å². The lowest BCUT2D eigenvalue weighted by Gasteiger charge is -2.36. The van der Waals surface area contributed by atoms with Gasteiger partial charge in [0, 0.05) is 25.9 Å². The number of piperidine rings is 1. The highest BCUT2D eigenvalue weighted by molar-refractivity contribution is 7.88. The van der Waals surface area contributed by atoms with Crippen LogP contribution >= 0.6 is 0 Å². The van der Waals surface area contributed by atoms with Gasteiger partial charge in [-0.05, 0) is 5.56 Å². The van der Waals surface area contributed by atoms with Crippen LogP contribution in [0.1, 0.15) is 18.4 Å². The molecule has 0 saturated carbocycles. The Kier molecular flexibility index (Phi) is 3.62. The van der Waals surface area contributed by atoms with Gasteiger partial charge < -0.3 is 10.1 Å². The van der Waals surface area contributed by atoms with Crippen molar-refractivity contribution in [2.24, 2.45) is 0 Å².